The van der Waals surface area contributed by atoms with Crippen molar-refractivity contribution in [2.75, 3.05) is 0 Å². The maximum atomic E-state index is 2.45. The van der Waals surface area contributed by atoms with E-state index in [0.29, 0.717) is 0 Å². The van der Waals surface area contributed by atoms with E-state index in [1.165, 1.54) is 76.4 Å². The first-order valence-electron chi connectivity index (χ1n) is 13.1. The predicted molar refractivity (Wildman–Crippen MR) is 162 cm³/mol. The average molecular weight is 483 g/mol. The van der Waals surface area contributed by atoms with Crippen molar-refractivity contribution < 1.29 is 0 Å². The number of hydrogen-bond donors (Lipinski definition) is 0. The molecule has 0 aliphatic rings. The lowest BCUT2D eigenvalue weighted by Crippen LogP contribution is -1.94. The predicted octanol–water partition coefficient (Wildman–Crippen LogP) is 9.65. The standard InChI is InChI=1S/C36H22N2/c1-2-10-24-21-25(18-17-23(24)9-1)37-32-16-8-6-14-29(32)36-30-22-35-28-13-4-3-11-26(28)27-12-5-7-15-31(27)38(35)33(30)19-20-34(36)37/h1-22H. The van der Waals surface area contributed by atoms with Gasteiger partial charge in [0, 0.05) is 32.6 Å². The number of para-hydroxylation sites is 2. The fourth-order valence-electron chi connectivity index (χ4n) is 6.64. The molecule has 0 spiro atoms. The van der Waals surface area contributed by atoms with Crippen LogP contribution >= 0.6 is 0 Å². The molecule has 0 unspecified atom stereocenters. The van der Waals surface area contributed by atoms with E-state index in [-0.39, 0.29) is 0 Å². The molecule has 176 valence electrons. The maximum absolute atomic E-state index is 2.45. The molecule has 0 fully saturated rings. The van der Waals surface area contributed by atoms with Gasteiger partial charge >= 0.3 is 0 Å². The molecular weight excluding hydrogens is 460 g/mol. The molecule has 2 nitrogen and oxygen atoms in total. The van der Waals surface area contributed by atoms with E-state index < -0.39 is 0 Å². The molecule has 0 N–H and O–H groups in total. The van der Waals surface area contributed by atoms with Crippen LogP contribution in [-0.4, -0.2) is 8.97 Å². The molecule has 0 saturated carbocycles. The van der Waals surface area contributed by atoms with Crippen LogP contribution in [0.15, 0.2) is 133 Å². The summed E-state index contributed by atoms with van der Waals surface area (Å²) in [5.74, 6) is 0. The van der Waals surface area contributed by atoms with E-state index in [1.54, 1.807) is 0 Å². The Morgan fingerprint density at radius 2 is 0.947 bits per heavy atom. The molecule has 3 aromatic heterocycles. The summed E-state index contributed by atoms with van der Waals surface area (Å²) in [5.41, 5.74) is 7.40. The van der Waals surface area contributed by atoms with Crippen molar-refractivity contribution in [3.63, 3.8) is 0 Å². The highest BCUT2D eigenvalue weighted by Crippen LogP contribution is 2.41. The van der Waals surface area contributed by atoms with E-state index in [2.05, 4.69) is 142 Å². The average Bonchev–Trinajstić information content (AvgIpc) is 3.54. The van der Waals surface area contributed by atoms with Crippen molar-refractivity contribution >= 4 is 70.7 Å². The molecule has 6 aromatic carbocycles. The van der Waals surface area contributed by atoms with Gasteiger partial charge in [-0.15, -0.1) is 0 Å². The van der Waals surface area contributed by atoms with Gasteiger partial charge in [0.15, 0.2) is 0 Å². The summed E-state index contributed by atoms with van der Waals surface area (Å²) in [6.07, 6.45) is 0. The topological polar surface area (TPSA) is 9.34 Å². The van der Waals surface area contributed by atoms with Gasteiger partial charge in [-0.3, -0.25) is 0 Å². The van der Waals surface area contributed by atoms with E-state index in [0.717, 1.165) is 0 Å². The number of fused-ring (bicyclic) bond motifs is 13. The smallest absolute Gasteiger partial charge is 0.0548 e. The summed E-state index contributed by atoms with van der Waals surface area (Å²) in [7, 11) is 0. The number of pyridine rings is 1. The molecular formula is C36H22N2. The quantitative estimate of drug-likeness (QED) is 0.206. The maximum Gasteiger partial charge on any atom is 0.0548 e. The van der Waals surface area contributed by atoms with Crippen LogP contribution in [0, 0.1) is 0 Å². The second-order valence-corrected chi connectivity index (χ2v) is 10.2. The molecule has 0 saturated heterocycles. The van der Waals surface area contributed by atoms with Gasteiger partial charge in [-0.2, -0.15) is 0 Å². The van der Waals surface area contributed by atoms with Crippen molar-refractivity contribution in [1.29, 1.82) is 0 Å². The third-order valence-electron chi connectivity index (χ3n) is 8.25. The van der Waals surface area contributed by atoms with Crippen LogP contribution in [0.4, 0.5) is 0 Å². The Hall–Kier alpha value is -5.08. The second kappa shape index (κ2) is 7.24. The van der Waals surface area contributed by atoms with Crippen molar-refractivity contribution in [3.05, 3.63) is 133 Å². The Balaban J connectivity index is 1.49. The molecule has 2 heteroatoms. The zero-order valence-electron chi connectivity index (χ0n) is 20.6. The third-order valence-corrected chi connectivity index (χ3v) is 8.25. The van der Waals surface area contributed by atoms with Crippen molar-refractivity contribution in [2.45, 2.75) is 0 Å². The summed E-state index contributed by atoms with van der Waals surface area (Å²) in [4.78, 5) is 0. The molecule has 9 rings (SSSR count). The number of hydrogen-bond acceptors (Lipinski definition) is 0. The fraction of sp³-hybridized carbons (Fsp3) is 0. The molecule has 0 aliphatic heterocycles. The minimum atomic E-state index is 1.19. The van der Waals surface area contributed by atoms with Crippen LogP contribution < -0.4 is 0 Å². The summed E-state index contributed by atoms with van der Waals surface area (Å²) >= 11 is 0. The van der Waals surface area contributed by atoms with Crippen LogP contribution in [0.1, 0.15) is 0 Å². The van der Waals surface area contributed by atoms with Crippen LogP contribution in [0.3, 0.4) is 0 Å². The summed E-state index contributed by atoms with van der Waals surface area (Å²) in [6, 6.07) is 48.8. The zero-order valence-corrected chi connectivity index (χ0v) is 20.6. The molecule has 0 radical (unpaired) electrons. The Morgan fingerprint density at radius 3 is 1.79 bits per heavy atom. The Labute approximate surface area is 218 Å². The van der Waals surface area contributed by atoms with Gasteiger partial charge in [-0.05, 0) is 58.6 Å². The lowest BCUT2D eigenvalue weighted by atomic mass is 10.0. The van der Waals surface area contributed by atoms with E-state index in [4.69, 9.17) is 0 Å². The van der Waals surface area contributed by atoms with E-state index >= 15 is 0 Å². The van der Waals surface area contributed by atoms with Gasteiger partial charge in [0.2, 0.25) is 0 Å². The molecule has 3 heterocycles. The van der Waals surface area contributed by atoms with E-state index in [1.807, 2.05) is 0 Å². The van der Waals surface area contributed by atoms with Crippen LogP contribution in [-0.2, 0) is 0 Å². The fourth-order valence-corrected chi connectivity index (χ4v) is 6.64. The SMILES string of the molecule is c1ccc2cc(-n3c4ccccc4c4c5cc6c7ccccc7c7ccccc7n6c5ccc43)ccc2c1. The molecule has 0 bridgehead atoms. The first-order valence-corrected chi connectivity index (χ1v) is 13.1. The molecule has 0 atom stereocenters. The van der Waals surface area contributed by atoms with Crippen LogP contribution in [0.2, 0.25) is 0 Å². The van der Waals surface area contributed by atoms with Crippen molar-refractivity contribution in [3.8, 4) is 5.69 Å². The molecule has 38 heavy (non-hydrogen) atoms. The summed E-state index contributed by atoms with van der Waals surface area (Å²) < 4.78 is 4.88. The van der Waals surface area contributed by atoms with Gasteiger partial charge in [-0.1, -0.05) is 91.0 Å². The number of aromatic nitrogens is 2. The lowest BCUT2D eigenvalue weighted by molar-refractivity contribution is 1.19. The minimum absolute atomic E-state index is 1.19. The molecule has 9 aromatic rings. The zero-order chi connectivity index (χ0) is 24.8. The first-order chi connectivity index (χ1) is 18.9. The highest BCUT2D eigenvalue weighted by Gasteiger charge is 2.18. The monoisotopic (exact) mass is 482 g/mol. The first kappa shape index (κ1) is 20.0. The van der Waals surface area contributed by atoms with Crippen LogP contribution in [0.25, 0.3) is 76.4 Å². The summed E-state index contributed by atoms with van der Waals surface area (Å²) in [6.45, 7) is 0. The van der Waals surface area contributed by atoms with E-state index in [9.17, 15) is 0 Å². The second-order valence-electron chi connectivity index (χ2n) is 10.2. The Kier molecular flexibility index (Phi) is 3.82. The largest absolute Gasteiger partial charge is 0.309 e. The van der Waals surface area contributed by atoms with Crippen LogP contribution in [0.5, 0.6) is 0 Å². The molecule has 0 aliphatic carbocycles. The van der Waals surface area contributed by atoms with Gasteiger partial charge in [0.1, 0.15) is 0 Å². The van der Waals surface area contributed by atoms with Crippen molar-refractivity contribution in [1.82, 2.24) is 8.97 Å². The highest BCUT2D eigenvalue weighted by molar-refractivity contribution is 6.25. The Bertz CT molecular complexity index is 2400. The Morgan fingerprint density at radius 1 is 0.342 bits per heavy atom. The van der Waals surface area contributed by atoms with Crippen molar-refractivity contribution in [2.24, 2.45) is 0 Å². The minimum Gasteiger partial charge on any atom is -0.309 e. The third kappa shape index (κ3) is 2.51. The summed E-state index contributed by atoms with van der Waals surface area (Å²) in [5, 5.41) is 10.3. The van der Waals surface area contributed by atoms with Gasteiger partial charge < -0.3 is 8.97 Å². The number of rotatable bonds is 1. The van der Waals surface area contributed by atoms with Gasteiger partial charge in [0.25, 0.3) is 0 Å². The molecule has 0 amide bonds. The number of nitrogens with zero attached hydrogens (tertiary/aromatic N) is 2. The van der Waals surface area contributed by atoms with Gasteiger partial charge in [0.05, 0.1) is 27.6 Å². The highest BCUT2D eigenvalue weighted by atomic mass is 15.0. The lowest BCUT2D eigenvalue weighted by Gasteiger charge is -2.10. The normalized spacial score (nSPS) is 12.2. The van der Waals surface area contributed by atoms with Gasteiger partial charge in [-0.25, -0.2) is 0 Å². The number of benzene rings is 6.